The average molecular weight is 413 g/mol. The van der Waals surface area contributed by atoms with E-state index in [-0.39, 0.29) is 17.6 Å². The van der Waals surface area contributed by atoms with Crippen molar-refractivity contribution in [1.29, 1.82) is 0 Å². The van der Waals surface area contributed by atoms with E-state index >= 15 is 0 Å². The van der Waals surface area contributed by atoms with E-state index in [4.69, 9.17) is 9.47 Å². The topological polar surface area (TPSA) is 97.3 Å². The molecule has 2 aromatic rings. The van der Waals surface area contributed by atoms with Crippen molar-refractivity contribution in [3.63, 3.8) is 0 Å². The van der Waals surface area contributed by atoms with Crippen molar-refractivity contribution in [3.05, 3.63) is 53.6 Å². The molecule has 1 atom stereocenters. The van der Waals surface area contributed by atoms with Gasteiger partial charge in [0.05, 0.1) is 0 Å². The van der Waals surface area contributed by atoms with Crippen LogP contribution >= 0.6 is 0 Å². The van der Waals surface area contributed by atoms with Gasteiger partial charge in [-0.15, -0.1) is 4.40 Å². The number of amides is 1. The lowest BCUT2D eigenvalue weighted by Gasteiger charge is -2.25. The average Bonchev–Trinajstić information content (AvgIpc) is 3.43. The van der Waals surface area contributed by atoms with E-state index in [2.05, 4.69) is 9.71 Å². The fourth-order valence-electron chi connectivity index (χ4n) is 3.95. The van der Waals surface area contributed by atoms with Crippen LogP contribution in [0.4, 0.5) is 0 Å². The van der Waals surface area contributed by atoms with Crippen LogP contribution in [-0.2, 0) is 21.4 Å². The first-order valence-corrected chi connectivity index (χ1v) is 10.8. The lowest BCUT2D eigenvalue weighted by Crippen LogP contribution is -2.45. The molecule has 29 heavy (non-hydrogen) atoms. The van der Waals surface area contributed by atoms with Gasteiger partial charge >= 0.3 is 0 Å². The Bertz CT molecular complexity index is 1130. The Morgan fingerprint density at radius 1 is 1.17 bits per heavy atom. The maximum absolute atomic E-state index is 12.9. The lowest BCUT2D eigenvalue weighted by atomic mass is 10.1. The summed E-state index contributed by atoms with van der Waals surface area (Å²) in [4.78, 5) is 14.9. The Hall–Kier alpha value is -3.07. The first kappa shape index (κ1) is 18.0. The van der Waals surface area contributed by atoms with E-state index < -0.39 is 16.1 Å². The number of nitrogens with one attached hydrogen (secondary N) is 1. The Morgan fingerprint density at radius 2 is 2.00 bits per heavy atom. The zero-order valence-corrected chi connectivity index (χ0v) is 16.3. The lowest BCUT2D eigenvalue weighted by molar-refractivity contribution is -0.124. The number of benzene rings is 2. The number of nitrogens with zero attached hydrogens (tertiary/aromatic N) is 2. The fourth-order valence-corrected chi connectivity index (χ4v) is 5.16. The molecule has 1 saturated heterocycles. The Kier molecular flexibility index (Phi) is 4.20. The van der Waals surface area contributed by atoms with Crippen molar-refractivity contribution in [1.82, 2.24) is 10.2 Å². The fraction of sp³-hybridized carbons (Fsp3) is 0.300. The van der Waals surface area contributed by atoms with Gasteiger partial charge in [0, 0.05) is 18.7 Å². The number of fused-ring (bicyclic) bond motifs is 2. The van der Waals surface area contributed by atoms with Crippen molar-refractivity contribution < 1.29 is 22.7 Å². The van der Waals surface area contributed by atoms with Crippen LogP contribution in [0, 0.1) is 0 Å². The molecule has 2 aromatic carbocycles. The highest BCUT2D eigenvalue weighted by Gasteiger charge is 2.39. The second kappa shape index (κ2) is 6.77. The standard InChI is InChI=1S/C20H19N3O5S/c24-20(21-11-13-7-8-16-17(10-13)28-12-27-16)15-5-3-9-23(15)19-14-4-1-2-6-18(14)29(25,26)22-19/h1-2,4,6-8,10,15H,3,5,9,11-12H2,(H,21,24)/t15-/m0/s1. The predicted molar refractivity (Wildman–Crippen MR) is 104 cm³/mol. The van der Waals surface area contributed by atoms with Crippen LogP contribution < -0.4 is 14.8 Å². The van der Waals surface area contributed by atoms with Crippen LogP contribution in [0.25, 0.3) is 0 Å². The van der Waals surface area contributed by atoms with Crippen LogP contribution in [0.5, 0.6) is 11.5 Å². The molecule has 0 bridgehead atoms. The second-order valence-electron chi connectivity index (χ2n) is 7.14. The van der Waals surface area contributed by atoms with Gasteiger partial charge in [-0.1, -0.05) is 18.2 Å². The van der Waals surface area contributed by atoms with Crippen molar-refractivity contribution in [2.75, 3.05) is 13.3 Å². The maximum atomic E-state index is 12.9. The summed E-state index contributed by atoms with van der Waals surface area (Å²) in [5.74, 6) is 1.58. The number of amidine groups is 1. The molecule has 0 aromatic heterocycles. The number of carbonyl (C=O) groups excluding carboxylic acids is 1. The SMILES string of the molecule is O=C(NCc1ccc2c(c1)OCO2)[C@@H]1CCCN1C1=NS(=O)(=O)c2ccccc21. The van der Waals surface area contributed by atoms with Gasteiger partial charge in [0.2, 0.25) is 12.7 Å². The molecular weight excluding hydrogens is 394 g/mol. The van der Waals surface area contributed by atoms with Crippen LogP contribution in [0.3, 0.4) is 0 Å². The molecule has 0 unspecified atom stereocenters. The summed E-state index contributed by atoms with van der Waals surface area (Å²) in [5.41, 5.74) is 1.46. The maximum Gasteiger partial charge on any atom is 0.285 e. The van der Waals surface area contributed by atoms with Crippen molar-refractivity contribution in [2.45, 2.75) is 30.3 Å². The monoisotopic (exact) mass is 413 g/mol. The first-order valence-electron chi connectivity index (χ1n) is 9.40. The highest BCUT2D eigenvalue weighted by atomic mass is 32.2. The molecule has 0 spiro atoms. The van der Waals surface area contributed by atoms with Crippen LogP contribution in [0.2, 0.25) is 0 Å². The number of rotatable bonds is 3. The third kappa shape index (κ3) is 3.11. The Morgan fingerprint density at radius 3 is 2.90 bits per heavy atom. The Balaban J connectivity index is 1.33. The molecule has 5 rings (SSSR count). The molecule has 9 heteroatoms. The number of hydrogen-bond donors (Lipinski definition) is 1. The third-order valence-electron chi connectivity index (χ3n) is 5.34. The third-order valence-corrected chi connectivity index (χ3v) is 6.67. The number of carbonyl (C=O) groups is 1. The van der Waals surface area contributed by atoms with E-state index in [1.165, 1.54) is 0 Å². The summed E-state index contributed by atoms with van der Waals surface area (Å²) in [6, 6.07) is 11.8. The zero-order chi connectivity index (χ0) is 20.0. The summed E-state index contributed by atoms with van der Waals surface area (Å²) in [6.45, 7) is 1.14. The first-order chi connectivity index (χ1) is 14.0. The van der Waals surface area contributed by atoms with E-state index in [1.54, 1.807) is 29.2 Å². The van der Waals surface area contributed by atoms with Crippen LogP contribution in [0.1, 0.15) is 24.0 Å². The number of hydrogen-bond acceptors (Lipinski definition) is 6. The second-order valence-corrected chi connectivity index (χ2v) is 8.72. The highest BCUT2D eigenvalue weighted by Crippen LogP contribution is 2.33. The number of sulfonamides is 1. The molecule has 150 valence electrons. The van der Waals surface area contributed by atoms with E-state index in [0.717, 1.165) is 12.0 Å². The summed E-state index contributed by atoms with van der Waals surface area (Å²) in [6.07, 6.45) is 1.44. The van der Waals surface area contributed by atoms with Crippen molar-refractivity contribution in [2.24, 2.45) is 4.40 Å². The van der Waals surface area contributed by atoms with Gasteiger partial charge in [0.1, 0.15) is 10.9 Å². The van der Waals surface area contributed by atoms with E-state index in [1.807, 2.05) is 18.2 Å². The van der Waals surface area contributed by atoms with E-state index in [9.17, 15) is 13.2 Å². The molecule has 0 aliphatic carbocycles. The number of likely N-dealkylation sites (tertiary alicyclic amines) is 1. The molecule has 0 saturated carbocycles. The number of ether oxygens (including phenoxy) is 2. The molecule has 1 amide bonds. The molecule has 0 radical (unpaired) electrons. The minimum Gasteiger partial charge on any atom is -0.454 e. The molecule has 3 heterocycles. The van der Waals surface area contributed by atoms with Crippen molar-refractivity contribution in [3.8, 4) is 11.5 Å². The van der Waals surface area contributed by atoms with Crippen LogP contribution in [0.15, 0.2) is 51.8 Å². The van der Waals surface area contributed by atoms with Gasteiger partial charge in [0.15, 0.2) is 17.3 Å². The molecule has 8 nitrogen and oxygen atoms in total. The highest BCUT2D eigenvalue weighted by molar-refractivity contribution is 7.90. The summed E-state index contributed by atoms with van der Waals surface area (Å²) in [5, 5.41) is 2.95. The molecule has 1 N–H and O–H groups in total. The minimum atomic E-state index is -3.71. The summed E-state index contributed by atoms with van der Waals surface area (Å²) >= 11 is 0. The predicted octanol–water partition coefficient (Wildman–Crippen LogP) is 1.64. The molecular formula is C20H19N3O5S. The molecule has 3 aliphatic rings. The van der Waals surface area contributed by atoms with Gasteiger partial charge in [-0.3, -0.25) is 4.79 Å². The van der Waals surface area contributed by atoms with E-state index in [0.29, 0.717) is 42.4 Å². The van der Waals surface area contributed by atoms with Crippen molar-refractivity contribution >= 4 is 21.8 Å². The zero-order valence-electron chi connectivity index (χ0n) is 15.5. The summed E-state index contributed by atoms with van der Waals surface area (Å²) in [7, 11) is -3.71. The Labute approximate surface area is 168 Å². The van der Waals surface area contributed by atoms with Crippen LogP contribution in [-0.4, -0.2) is 44.4 Å². The van der Waals surface area contributed by atoms with Gasteiger partial charge in [0.25, 0.3) is 10.0 Å². The molecule has 3 aliphatic heterocycles. The van der Waals surface area contributed by atoms with Gasteiger partial charge in [-0.2, -0.15) is 8.42 Å². The summed E-state index contributed by atoms with van der Waals surface area (Å²) < 4.78 is 39.4. The minimum absolute atomic E-state index is 0.148. The van der Waals surface area contributed by atoms with Gasteiger partial charge in [-0.25, -0.2) is 0 Å². The normalized spacial score (nSPS) is 21.0. The smallest absolute Gasteiger partial charge is 0.285 e. The largest absolute Gasteiger partial charge is 0.454 e. The van der Waals surface area contributed by atoms with Gasteiger partial charge < -0.3 is 19.7 Å². The molecule has 1 fully saturated rings. The quantitative estimate of drug-likeness (QED) is 0.822. The van der Waals surface area contributed by atoms with Gasteiger partial charge in [-0.05, 0) is 42.7 Å².